The summed E-state index contributed by atoms with van der Waals surface area (Å²) in [5, 5.41) is 0. The van der Waals surface area contributed by atoms with E-state index in [9.17, 15) is 8.42 Å². The van der Waals surface area contributed by atoms with Crippen LogP contribution in [0.4, 0.5) is 0 Å². The molecule has 2 rings (SSSR count). The lowest BCUT2D eigenvalue weighted by atomic mass is 10.1. The predicted octanol–water partition coefficient (Wildman–Crippen LogP) is 1.22. The minimum atomic E-state index is -3.45. The Bertz CT molecular complexity index is 579. The first-order valence-corrected chi connectivity index (χ1v) is 8.81. The van der Waals surface area contributed by atoms with Crippen LogP contribution in [0, 0.1) is 5.92 Å². The van der Waals surface area contributed by atoms with Crippen LogP contribution >= 0.6 is 12.2 Å². The van der Waals surface area contributed by atoms with Crippen LogP contribution in [-0.2, 0) is 21.2 Å². The molecule has 0 amide bonds. The van der Waals surface area contributed by atoms with Crippen LogP contribution in [-0.4, -0.2) is 33.2 Å². The van der Waals surface area contributed by atoms with Crippen LogP contribution in [0.5, 0.6) is 0 Å². The van der Waals surface area contributed by atoms with Crippen molar-refractivity contribution in [3.63, 3.8) is 0 Å². The molecule has 116 valence electrons. The molecule has 3 N–H and O–H groups in total. The highest BCUT2D eigenvalue weighted by molar-refractivity contribution is 7.89. The second kappa shape index (κ2) is 7.31. The molecule has 1 heterocycles. The zero-order valence-electron chi connectivity index (χ0n) is 11.7. The first-order chi connectivity index (χ1) is 9.97. The molecule has 5 nitrogen and oxygen atoms in total. The summed E-state index contributed by atoms with van der Waals surface area (Å²) in [6.07, 6.45) is 2.29. The van der Waals surface area contributed by atoms with Gasteiger partial charge < -0.3 is 10.5 Å². The Balaban J connectivity index is 1.90. The van der Waals surface area contributed by atoms with E-state index in [1.807, 2.05) is 0 Å². The van der Waals surface area contributed by atoms with Gasteiger partial charge in [0.05, 0.1) is 9.88 Å². The number of rotatable bonds is 7. The number of hydrogen-bond donors (Lipinski definition) is 2. The van der Waals surface area contributed by atoms with E-state index >= 15 is 0 Å². The van der Waals surface area contributed by atoms with Gasteiger partial charge in [-0.15, -0.1) is 0 Å². The second-order valence-electron chi connectivity index (χ2n) is 5.20. The van der Waals surface area contributed by atoms with Gasteiger partial charge in [-0.25, -0.2) is 13.1 Å². The minimum absolute atomic E-state index is 0.261. The predicted molar refractivity (Wildman–Crippen MR) is 85.7 cm³/mol. The first-order valence-electron chi connectivity index (χ1n) is 6.92. The number of hydrogen-bond acceptors (Lipinski definition) is 4. The largest absolute Gasteiger partial charge is 0.393 e. The van der Waals surface area contributed by atoms with E-state index in [4.69, 9.17) is 22.7 Å². The van der Waals surface area contributed by atoms with Crippen molar-refractivity contribution < 1.29 is 13.2 Å². The highest BCUT2D eigenvalue weighted by Gasteiger charge is 2.18. The SMILES string of the molecule is NC(=S)Cc1ccc(S(=O)(=O)NCCC2CCOC2)cc1. The third-order valence-electron chi connectivity index (χ3n) is 3.48. The summed E-state index contributed by atoms with van der Waals surface area (Å²) in [5.41, 5.74) is 6.37. The summed E-state index contributed by atoms with van der Waals surface area (Å²) in [5.74, 6) is 0.459. The average Bonchev–Trinajstić information content (AvgIpc) is 2.91. The Morgan fingerprint density at radius 1 is 1.38 bits per heavy atom. The first kappa shape index (κ1) is 16.4. The summed E-state index contributed by atoms with van der Waals surface area (Å²) in [4.78, 5) is 0.652. The summed E-state index contributed by atoms with van der Waals surface area (Å²) < 4.78 is 32.2. The van der Waals surface area contributed by atoms with Crippen LogP contribution in [0.25, 0.3) is 0 Å². The number of ether oxygens (including phenoxy) is 1. The molecule has 0 spiro atoms. The van der Waals surface area contributed by atoms with Gasteiger partial charge in [-0.1, -0.05) is 24.4 Å². The molecule has 1 unspecified atom stereocenters. The number of sulfonamides is 1. The molecule has 1 saturated heterocycles. The van der Waals surface area contributed by atoms with E-state index in [0.717, 1.165) is 31.6 Å². The summed E-state index contributed by atoms with van der Waals surface area (Å²) in [6, 6.07) is 6.63. The van der Waals surface area contributed by atoms with E-state index in [-0.39, 0.29) is 4.90 Å². The Morgan fingerprint density at radius 2 is 2.10 bits per heavy atom. The minimum Gasteiger partial charge on any atom is -0.393 e. The third kappa shape index (κ3) is 5.03. The summed E-state index contributed by atoms with van der Waals surface area (Å²) >= 11 is 4.83. The molecule has 0 radical (unpaired) electrons. The topological polar surface area (TPSA) is 81.4 Å². The lowest BCUT2D eigenvalue weighted by Crippen LogP contribution is -2.26. The molecule has 0 aromatic heterocycles. The molecule has 7 heteroatoms. The van der Waals surface area contributed by atoms with Gasteiger partial charge in [0.25, 0.3) is 0 Å². The molecule has 1 aliphatic heterocycles. The number of benzene rings is 1. The maximum Gasteiger partial charge on any atom is 0.240 e. The fourth-order valence-corrected chi connectivity index (χ4v) is 3.49. The summed E-state index contributed by atoms with van der Waals surface area (Å²) in [7, 11) is -3.45. The molecule has 1 fully saturated rings. The van der Waals surface area contributed by atoms with E-state index in [0.29, 0.717) is 23.9 Å². The van der Waals surface area contributed by atoms with Gasteiger partial charge in [-0.3, -0.25) is 0 Å². The zero-order valence-corrected chi connectivity index (χ0v) is 13.4. The van der Waals surface area contributed by atoms with Gasteiger partial charge in [0.1, 0.15) is 0 Å². The van der Waals surface area contributed by atoms with E-state index in [1.165, 1.54) is 0 Å². The standard InChI is InChI=1S/C14H20N2O3S2/c15-14(20)9-11-1-3-13(4-2-11)21(17,18)16-7-5-12-6-8-19-10-12/h1-4,12,16H,5-10H2,(H2,15,20). The van der Waals surface area contributed by atoms with Crippen LogP contribution in [0.15, 0.2) is 29.2 Å². The third-order valence-corrected chi connectivity index (χ3v) is 5.10. The Hall–Kier alpha value is -1.02. The van der Waals surface area contributed by atoms with Gasteiger partial charge in [0, 0.05) is 26.2 Å². The Morgan fingerprint density at radius 3 is 2.67 bits per heavy atom. The Labute approximate surface area is 130 Å². The number of nitrogens with one attached hydrogen (secondary N) is 1. The highest BCUT2D eigenvalue weighted by atomic mass is 32.2. The van der Waals surface area contributed by atoms with Crippen molar-refractivity contribution in [1.29, 1.82) is 0 Å². The van der Waals surface area contributed by atoms with Gasteiger partial charge in [0.2, 0.25) is 10.0 Å². The van der Waals surface area contributed by atoms with Crippen LogP contribution in [0.2, 0.25) is 0 Å². The van der Waals surface area contributed by atoms with Gasteiger partial charge >= 0.3 is 0 Å². The van der Waals surface area contributed by atoms with Crippen LogP contribution < -0.4 is 10.5 Å². The molecular formula is C14H20N2O3S2. The molecule has 0 bridgehead atoms. The van der Waals surface area contributed by atoms with E-state index in [2.05, 4.69) is 4.72 Å². The fraction of sp³-hybridized carbons (Fsp3) is 0.500. The van der Waals surface area contributed by atoms with Crippen LogP contribution in [0.3, 0.4) is 0 Å². The summed E-state index contributed by atoms with van der Waals surface area (Å²) in [6.45, 7) is 1.95. The molecular weight excluding hydrogens is 308 g/mol. The molecule has 1 aromatic carbocycles. The number of thiocarbonyl (C=S) groups is 1. The van der Waals surface area contributed by atoms with E-state index in [1.54, 1.807) is 24.3 Å². The van der Waals surface area contributed by atoms with E-state index < -0.39 is 10.0 Å². The zero-order chi connectivity index (χ0) is 15.3. The second-order valence-corrected chi connectivity index (χ2v) is 7.49. The highest BCUT2D eigenvalue weighted by Crippen LogP contribution is 2.16. The lowest BCUT2D eigenvalue weighted by molar-refractivity contribution is 0.184. The smallest absolute Gasteiger partial charge is 0.240 e. The number of nitrogens with two attached hydrogens (primary N) is 1. The van der Waals surface area contributed by atoms with Gasteiger partial charge in [-0.2, -0.15) is 0 Å². The maximum atomic E-state index is 12.1. The monoisotopic (exact) mass is 328 g/mol. The molecule has 1 aromatic rings. The van der Waals surface area contributed by atoms with Gasteiger partial charge in [-0.05, 0) is 36.5 Å². The van der Waals surface area contributed by atoms with Crippen molar-refractivity contribution in [2.24, 2.45) is 11.7 Å². The average molecular weight is 328 g/mol. The molecule has 1 atom stereocenters. The fourth-order valence-electron chi connectivity index (χ4n) is 2.28. The van der Waals surface area contributed by atoms with Gasteiger partial charge in [0.15, 0.2) is 0 Å². The van der Waals surface area contributed by atoms with Crippen molar-refractivity contribution >= 4 is 27.2 Å². The van der Waals surface area contributed by atoms with Crippen molar-refractivity contribution in [3.8, 4) is 0 Å². The maximum absolute atomic E-state index is 12.1. The molecule has 21 heavy (non-hydrogen) atoms. The van der Waals surface area contributed by atoms with Crippen molar-refractivity contribution in [2.75, 3.05) is 19.8 Å². The normalized spacial score (nSPS) is 18.8. The van der Waals surface area contributed by atoms with Crippen LogP contribution in [0.1, 0.15) is 18.4 Å². The van der Waals surface area contributed by atoms with Crippen molar-refractivity contribution in [2.45, 2.75) is 24.2 Å². The molecule has 0 aliphatic carbocycles. The lowest BCUT2D eigenvalue weighted by Gasteiger charge is -2.10. The quantitative estimate of drug-likeness (QED) is 0.736. The van der Waals surface area contributed by atoms with Crippen molar-refractivity contribution in [1.82, 2.24) is 4.72 Å². The molecule has 1 aliphatic rings. The Kier molecular flexibility index (Phi) is 5.69. The molecule has 0 saturated carbocycles. The van der Waals surface area contributed by atoms with Crippen molar-refractivity contribution in [3.05, 3.63) is 29.8 Å².